The molecule has 0 bridgehead atoms. The van der Waals surface area contributed by atoms with Gasteiger partial charge in [0.1, 0.15) is 17.1 Å². The number of thiophene rings is 1. The predicted octanol–water partition coefficient (Wildman–Crippen LogP) is 2.67. The molecule has 0 aliphatic rings. The second-order valence-corrected chi connectivity index (χ2v) is 7.57. The number of halogens is 1. The second-order valence-electron chi connectivity index (χ2n) is 6.66. The van der Waals surface area contributed by atoms with Crippen molar-refractivity contribution in [3.05, 3.63) is 67.9 Å². The third-order valence-electron chi connectivity index (χ3n) is 4.69. The number of aromatic nitrogens is 2. The van der Waals surface area contributed by atoms with Crippen LogP contribution in [0, 0.1) is 5.82 Å². The maximum absolute atomic E-state index is 14.0. The van der Waals surface area contributed by atoms with E-state index in [4.69, 9.17) is 0 Å². The number of hydrogen-bond acceptors (Lipinski definition) is 4. The molecule has 1 amide bonds. The zero-order chi connectivity index (χ0) is 20.3. The first-order valence-corrected chi connectivity index (χ1v) is 10.00. The van der Waals surface area contributed by atoms with E-state index < -0.39 is 17.1 Å². The Balaban J connectivity index is 2.05. The Morgan fingerprint density at radius 3 is 2.64 bits per heavy atom. The lowest BCUT2D eigenvalue weighted by Crippen LogP contribution is -2.43. The zero-order valence-corrected chi connectivity index (χ0v) is 16.7. The van der Waals surface area contributed by atoms with E-state index >= 15 is 0 Å². The third kappa shape index (κ3) is 3.91. The van der Waals surface area contributed by atoms with Crippen LogP contribution in [0.5, 0.6) is 0 Å². The average Bonchev–Trinajstić information content (AvgIpc) is 3.17. The first-order valence-electron chi connectivity index (χ1n) is 9.12. The van der Waals surface area contributed by atoms with Gasteiger partial charge in [-0.05, 0) is 23.9 Å². The van der Waals surface area contributed by atoms with Gasteiger partial charge in [0.2, 0.25) is 5.91 Å². The molecule has 0 atom stereocenters. The topological polar surface area (TPSA) is 64.3 Å². The van der Waals surface area contributed by atoms with Gasteiger partial charge in [-0.2, -0.15) is 0 Å². The highest BCUT2D eigenvalue weighted by molar-refractivity contribution is 7.17. The summed E-state index contributed by atoms with van der Waals surface area (Å²) in [6, 6.07) is 7.68. The molecule has 2 heterocycles. The fourth-order valence-electron chi connectivity index (χ4n) is 3.00. The summed E-state index contributed by atoms with van der Waals surface area (Å²) in [5.74, 6) is -0.693. The number of hydrogen-bond donors (Lipinski definition) is 0. The Morgan fingerprint density at radius 2 is 1.93 bits per heavy atom. The van der Waals surface area contributed by atoms with Crippen molar-refractivity contribution in [1.29, 1.82) is 0 Å². The molecule has 8 heteroatoms. The van der Waals surface area contributed by atoms with Crippen molar-refractivity contribution >= 4 is 27.5 Å². The summed E-state index contributed by atoms with van der Waals surface area (Å²) in [6.45, 7) is 2.30. The van der Waals surface area contributed by atoms with E-state index in [-0.39, 0.29) is 24.6 Å². The maximum Gasteiger partial charge on any atom is 0.332 e. The maximum atomic E-state index is 14.0. The monoisotopic (exact) mass is 403 g/mol. The van der Waals surface area contributed by atoms with E-state index in [1.807, 2.05) is 6.92 Å². The fourth-order valence-corrected chi connectivity index (χ4v) is 3.84. The van der Waals surface area contributed by atoms with Crippen molar-refractivity contribution < 1.29 is 9.18 Å². The van der Waals surface area contributed by atoms with Crippen LogP contribution >= 0.6 is 11.3 Å². The highest BCUT2D eigenvalue weighted by Gasteiger charge is 2.18. The van der Waals surface area contributed by atoms with E-state index in [2.05, 4.69) is 0 Å². The minimum absolute atomic E-state index is 0.163. The molecule has 0 fully saturated rings. The lowest BCUT2D eigenvalue weighted by atomic mass is 10.2. The summed E-state index contributed by atoms with van der Waals surface area (Å²) in [4.78, 5) is 40.0. The molecule has 2 aromatic heterocycles. The highest BCUT2D eigenvalue weighted by atomic mass is 32.1. The number of unbranched alkanes of at least 4 members (excludes halogenated alkanes) is 1. The average molecular weight is 403 g/mol. The minimum Gasteiger partial charge on any atom is -0.344 e. The molecule has 1 aromatic carbocycles. The van der Waals surface area contributed by atoms with Gasteiger partial charge in [0.05, 0.1) is 12.1 Å². The zero-order valence-electron chi connectivity index (χ0n) is 15.9. The molecule has 0 aliphatic carbocycles. The van der Waals surface area contributed by atoms with Gasteiger partial charge in [0, 0.05) is 19.2 Å². The van der Waals surface area contributed by atoms with Crippen LogP contribution in [0.1, 0.15) is 25.3 Å². The van der Waals surface area contributed by atoms with E-state index in [1.54, 1.807) is 35.5 Å². The number of rotatable bonds is 7. The SMILES string of the molecule is CCCCN(C)C(=O)Cn1c(=O)n(Cc2ccccc2F)c(=O)c2sccc21. The van der Waals surface area contributed by atoms with Gasteiger partial charge in [0.25, 0.3) is 5.56 Å². The van der Waals surface area contributed by atoms with Gasteiger partial charge in [0.15, 0.2) is 0 Å². The van der Waals surface area contributed by atoms with Crippen LogP contribution in [0.2, 0.25) is 0 Å². The molecule has 6 nitrogen and oxygen atoms in total. The number of carbonyl (C=O) groups excluding carboxylic acids is 1. The summed E-state index contributed by atoms with van der Waals surface area (Å²) < 4.78 is 16.7. The smallest absolute Gasteiger partial charge is 0.332 e. The fraction of sp³-hybridized carbons (Fsp3) is 0.350. The molecule has 148 valence electrons. The number of benzene rings is 1. The first kappa shape index (κ1) is 20.0. The van der Waals surface area contributed by atoms with E-state index in [9.17, 15) is 18.8 Å². The summed E-state index contributed by atoms with van der Waals surface area (Å²) in [7, 11) is 1.70. The Bertz CT molecular complexity index is 1120. The molecule has 0 saturated heterocycles. The van der Waals surface area contributed by atoms with Crippen molar-refractivity contribution in [3.63, 3.8) is 0 Å². The number of amides is 1. The first-order chi connectivity index (χ1) is 13.4. The molecule has 0 unspecified atom stereocenters. The molecular weight excluding hydrogens is 381 g/mol. The van der Waals surface area contributed by atoms with Crippen molar-refractivity contribution in [2.75, 3.05) is 13.6 Å². The summed E-state index contributed by atoms with van der Waals surface area (Å²) >= 11 is 1.20. The Morgan fingerprint density at radius 1 is 1.18 bits per heavy atom. The van der Waals surface area contributed by atoms with Crippen LogP contribution in [0.3, 0.4) is 0 Å². The molecule has 3 rings (SSSR count). The molecule has 0 N–H and O–H groups in total. The van der Waals surface area contributed by atoms with Gasteiger partial charge in [-0.3, -0.25) is 18.7 Å². The highest BCUT2D eigenvalue weighted by Crippen LogP contribution is 2.16. The Labute approximate surface area is 165 Å². The number of fused-ring (bicyclic) bond motifs is 1. The Hall–Kier alpha value is -2.74. The predicted molar refractivity (Wildman–Crippen MR) is 108 cm³/mol. The Kier molecular flexibility index (Phi) is 6.08. The second kappa shape index (κ2) is 8.52. The van der Waals surface area contributed by atoms with Gasteiger partial charge in [-0.1, -0.05) is 31.5 Å². The molecule has 0 saturated carbocycles. The van der Waals surface area contributed by atoms with E-state index in [1.165, 1.54) is 28.0 Å². The van der Waals surface area contributed by atoms with Gasteiger partial charge < -0.3 is 4.90 Å². The number of carbonyl (C=O) groups is 1. The quantitative estimate of drug-likeness (QED) is 0.609. The third-order valence-corrected chi connectivity index (χ3v) is 5.58. The van der Waals surface area contributed by atoms with Crippen LogP contribution in [-0.2, 0) is 17.9 Å². The summed E-state index contributed by atoms with van der Waals surface area (Å²) in [5, 5.41) is 1.71. The number of likely N-dealkylation sites (N-methyl/N-ethyl adjacent to an activating group) is 1. The minimum atomic E-state index is -0.614. The summed E-state index contributed by atoms with van der Waals surface area (Å²) in [5.41, 5.74) is -0.407. The van der Waals surface area contributed by atoms with Crippen molar-refractivity contribution in [2.45, 2.75) is 32.9 Å². The van der Waals surface area contributed by atoms with Crippen molar-refractivity contribution in [3.8, 4) is 0 Å². The van der Waals surface area contributed by atoms with Crippen LogP contribution < -0.4 is 11.2 Å². The lowest BCUT2D eigenvalue weighted by Gasteiger charge is -2.18. The molecule has 0 aliphatic heterocycles. The largest absolute Gasteiger partial charge is 0.344 e. The molecule has 0 spiro atoms. The van der Waals surface area contributed by atoms with Crippen LogP contribution in [-0.4, -0.2) is 33.5 Å². The molecule has 28 heavy (non-hydrogen) atoms. The van der Waals surface area contributed by atoms with Crippen molar-refractivity contribution in [2.24, 2.45) is 0 Å². The standard InChI is InChI=1S/C20H22FN3O3S/c1-3-4-10-22(2)17(25)13-23-16-9-11-28-18(16)19(26)24(20(23)27)12-14-7-5-6-8-15(14)21/h5-9,11H,3-4,10,12-13H2,1-2H3. The lowest BCUT2D eigenvalue weighted by molar-refractivity contribution is -0.130. The van der Waals surface area contributed by atoms with E-state index in [0.29, 0.717) is 16.8 Å². The van der Waals surface area contributed by atoms with Gasteiger partial charge in [-0.25, -0.2) is 9.18 Å². The van der Waals surface area contributed by atoms with Crippen LogP contribution in [0.4, 0.5) is 4.39 Å². The number of nitrogens with zero attached hydrogens (tertiary/aromatic N) is 3. The van der Waals surface area contributed by atoms with Crippen LogP contribution in [0.25, 0.3) is 10.2 Å². The van der Waals surface area contributed by atoms with Crippen molar-refractivity contribution in [1.82, 2.24) is 14.0 Å². The van der Waals surface area contributed by atoms with E-state index in [0.717, 1.165) is 17.4 Å². The summed E-state index contributed by atoms with van der Waals surface area (Å²) in [6.07, 6.45) is 1.83. The molecule has 0 radical (unpaired) electrons. The van der Waals surface area contributed by atoms with Gasteiger partial charge >= 0.3 is 5.69 Å². The molecule has 3 aromatic rings. The molecular formula is C20H22FN3O3S. The van der Waals surface area contributed by atoms with Crippen LogP contribution in [0.15, 0.2) is 45.3 Å². The van der Waals surface area contributed by atoms with Gasteiger partial charge in [-0.15, -0.1) is 11.3 Å². The normalized spacial score (nSPS) is 11.1.